The molecule has 1 N–H and O–H groups in total. The lowest BCUT2D eigenvalue weighted by molar-refractivity contribution is -0.141. The van der Waals surface area contributed by atoms with Gasteiger partial charge in [-0.1, -0.05) is 18.2 Å². The lowest BCUT2D eigenvalue weighted by Crippen LogP contribution is -2.39. The summed E-state index contributed by atoms with van der Waals surface area (Å²) in [6, 6.07) is 6.23. The molecule has 0 radical (unpaired) electrons. The predicted octanol–water partition coefficient (Wildman–Crippen LogP) is 2.60. The van der Waals surface area contributed by atoms with Crippen molar-refractivity contribution in [1.29, 1.82) is 0 Å². The number of aliphatic carboxylic acids is 1. The summed E-state index contributed by atoms with van der Waals surface area (Å²) >= 11 is 0. The Hall–Kier alpha value is -1.51. The number of carbonyl (C=O) groups is 1. The first-order valence-electron chi connectivity index (χ1n) is 6.13. The molecular weight excluding hydrogens is 214 g/mol. The molecule has 0 aliphatic carbocycles. The van der Waals surface area contributed by atoms with E-state index in [1.165, 1.54) is 16.8 Å². The van der Waals surface area contributed by atoms with E-state index < -0.39 is 5.97 Å². The Morgan fingerprint density at radius 2 is 2.00 bits per heavy atom. The Morgan fingerprint density at radius 1 is 1.35 bits per heavy atom. The summed E-state index contributed by atoms with van der Waals surface area (Å²) in [7, 11) is 0. The van der Waals surface area contributed by atoms with Crippen molar-refractivity contribution in [2.75, 3.05) is 18.0 Å². The van der Waals surface area contributed by atoms with E-state index in [1.807, 2.05) is 6.07 Å². The molecule has 3 nitrogen and oxygen atoms in total. The van der Waals surface area contributed by atoms with Crippen LogP contribution >= 0.6 is 0 Å². The summed E-state index contributed by atoms with van der Waals surface area (Å²) < 4.78 is 0. The second-order valence-electron chi connectivity index (χ2n) is 4.86. The number of para-hydroxylation sites is 1. The Labute approximate surface area is 102 Å². The van der Waals surface area contributed by atoms with Crippen LogP contribution in [0.1, 0.15) is 24.0 Å². The first-order chi connectivity index (χ1) is 8.09. The van der Waals surface area contributed by atoms with Gasteiger partial charge in [-0.3, -0.25) is 4.79 Å². The number of hydrogen-bond donors (Lipinski definition) is 1. The second-order valence-corrected chi connectivity index (χ2v) is 4.86. The minimum Gasteiger partial charge on any atom is -0.481 e. The average Bonchev–Trinajstić information content (AvgIpc) is 2.29. The predicted molar refractivity (Wildman–Crippen MR) is 68.5 cm³/mol. The number of carboxylic acids is 1. The van der Waals surface area contributed by atoms with Crippen molar-refractivity contribution in [2.45, 2.75) is 26.7 Å². The third kappa shape index (κ3) is 2.43. The van der Waals surface area contributed by atoms with Gasteiger partial charge in [0.1, 0.15) is 0 Å². The molecule has 1 atom stereocenters. The third-order valence-corrected chi connectivity index (χ3v) is 3.53. The maximum absolute atomic E-state index is 11.1. The van der Waals surface area contributed by atoms with Gasteiger partial charge in [0.15, 0.2) is 0 Å². The van der Waals surface area contributed by atoms with Crippen molar-refractivity contribution in [3.05, 3.63) is 29.3 Å². The highest BCUT2D eigenvalue weighted by Gasteiger charge is 2.26. The van der Waals surface area contributed by atoms with Crippen molar-refractivity contribution in [3.8, 4) is 0 Å². The quantitative estimate of drug-likeness (QED) is 0.853. The highest BCUT2D eigenvalue weighted by atomic mass is 16.4. The number of benzene rings is 1. The molecule has 2 rings (SSSR count). The van der Waals surface area contributed by atoms with Gasteiger partial charge in [0.25, 0.3) is 0 Å². The number of aryl methyl sites for hydroxylation is 2. The van der Waals surface area contributed by atoms with Crippen molar-refractivity contribution < 1.29 is 9.90 Å². The van der Waals surface area contributed by atoms with Crippen LogP contribution in [0, 0.1) is 19.8 Å². The summed E-state index contributed by atoms with van der Waals surface area (Å²) in [5.74, 6) is -0.885. The molecule has 3 heteroatoms. The lowest BCUT2D eigenvalue weighted by Gasteiger charge is -2.34. The van der Waals surface area contributed by atoms with Crippen molar-refractivity contribution in [1.82, 2.24) is 0 Å². The molecule has 1 aliphatic rings. The molecule has 1 heterocycles. The Bertz CT molecular complexity index is 408. The maximum Gasteiger partial charge on any atom is 0.308 e. The molecular formula is C14H19NO2. The zero-order valence-electron chi connectivity index (χ0n) is 10.4. The molecule has 1 saturated heterocycles. The number of carboxylic acid groups (broad SMARTS) is 1. The summed E-state index contributed by atoms with van der Waals surface area (Å²) in [6.07, 6.45) is 1.77. The lowest BCUT2D eigenvalue weighted by atomic mass is 9.96. The minimum atomic E-state index is -0.666. The highest BCUT2D eigenvalue weighted by Crippen LogP contribution is 2.29. The van der Waals surface area contributed by atoms with E-state index in [1.54, 1.807) is 0 Å². The number of anilines is 1. The fourth-order valence-electron chi connectivity index (χ4n) is 2.69. The first kappa shape index (κ1) is 12.0. The van der Waals surface area contributed by atoms with Crippen LogP contribution in [0.25, 0.3) is 0 Å². The van der Waals surface area contributed by atoms with Gasteiger partial charge in [-0.25, -0.2) is 0 Å². The standard InChI is InChI=1S/C14H19NO2/c1-10-5-3-6-11(2)13(10)15-8-4-7-12(9-15)14(16)17/h3,5-6,12H,4,7-9H2,1-2H3,(H,16,17). The molecule has 0 bridgehead atoms. The van der Waals surface area contributed by atoms with Crippen LogP contribution in [-0.4, -0.2) is 24.2 Å². The van der Waals surface area contributed by atoms with Crippen LogP contribution in [-0.2, 0) is 4.79 Å². The number of hydrogen-bond acceptors (Lipinski definition) is 2. The summed E-state index contributed by atoms with van der Waals surface area (Å²) in [4.78, 5) is 13.3. The molecule has 1 unspecified atom stereocenters. The van der Waals surface area contributed by atoms with Gasteiger partial charge in [0, 0.05) is 18.8 Å². The molecule has 17 heavy (non-hydrogen) atoms. The van der Waals surface area contributed by atoms with Gasteiger partial charge in [0.05, 0.1) is 5.92 Å². The van der Waals surface area contributed by atoms with Crippen molar-refractivity contribution >= 4 is 11.7 Å². The monoisotopic (exact) mass is 233 g/mol. The Balaban J connectivity index is 2.25. The molecule has 1 aliphatic heterocycles. The fraction of sp³-hybridized carbons (Fsp3) is 0.500. The molecule has 0 aromatic heterocycles. The van der Waals surface area contributed by atoms with Crippen molar-refractivity contribution in [2.24, 2.45) is 5.92 Å². The van der Waals surface area contributed by atoms with Gasteiger partial charge >= 0.3 is 5.97 Å². The molecule has 0 amide bonds. The van der Waals surface area contributed by atoms with Crippen LogP contribution in [0.15, 0.2) is 18.2 Å². The fourth-order valence-corrected chi connectivity index (χ4v) is 2.69. The summed E-state index contributed by atoms with van der Waals surface area (Å²) in [6.45, 7) is 5.79. The Kier molecular flexibility index (Phi) is 3.36. The van der Waals surface area contributed by atoms with Crippen LogP contribution in [0.3, 0.4) is 0 Å². The molecule has 0 spiro atoms. The number of nitrogens with zero attached hydrogens (tertiary/aromatic N) is 1. The van der Waals surface area contributed by atoms with Gasteiger partial charge < -0.3 is 10.0 Å². The number of rotatable bonds is 2. The SMILES string of the molecule is Cc1cccc(C)c1N1CCCC(C(=O)O)C1. The molecule has 1 aromatic carbocycles. The van der Waals surface area contributed by atoms with E-state index in [-0.39, 0.29) is 5.92 Å². The highest BCUT2D eigenvalue weighted by molar-refractivity contribution is 5.72. The zero-order chi connectivity index (χ0) is 12.4. The largest absolute Gasteiger partial charge is 0.481 e. The van der Waals surface area contributed by atoms with Gasteiger partial charge in [-0.2, -0.15) is 0 Å². The van der Waals surface area contributed by atoms with Crippen LogP contribution in [0.2, 0.25) is 0 Å². The molecule has 92 valence electrons. The van der Waals surface area contributed by atoms with Gasteiger partial charge in [-0.15, -0.1) is 0 Å². The minimum absolute atomic E-state index is 0.220. The smallest absolute Gasteiger partial charge is 0.308 e. The third-order valence-electron chi connectivity index (χ3n) is 3.53. The van der Waals surface area contributed by atoms with E-state index in [0.29, 0.717) is 6.54 Å². The van der Waals surface area contributed by atoms with Gasteiger partial charge in [0.2, 0.25) is 0 Å². The summed E-state index contributed by atoms with van der Waals surface area (Å²) in [5.41, 5.74) is 3.69. The number of piperidine rings is 1. The van der Waals surface area contributed by atoms with Crippen LogP contribution in [0.4, 0.5) is 5.69 Å². The first-order valence-corrected chi connectivity index (χ1v) is 6.13. The van der Waals surface area contributed by atoms with Crippen LogP contribution in [0.5, 0.6) is 0 Å². The van der Waals surface area contributed by atoms with Gasteiger partial charge in [-0.05, 0) is 37.8 Å². The normalized spacial score (nSPS) is 20.4. The molecule has 1 fully saturated rings. The van der Waals surface area contributed by atoms with Crippen LogP contribution < -0.4 is 4.90 Å². The zero-order valence-corrected chi connectivity index (χ0v) is 10.4. The maximum atomic E-state index is 11.1. The van der Waals surface area contributed by atoms with E-state index in [0.717, 1.165) is 19.4 Å². The average molecular weight is 233 g/mol. The summed E-state index contributed by atoms with van der Waals surface area (Å²) in [5, 5.41) is 9.11. The van der Waals surface area contributed by atoms with E-state index in [9.17, 15) is 4.79 Å². The van der Waals surface area contributed by atoms with E-state index in [2.05, 4.69) is 30.9 Å². The topological polar surface area (TPSA) is 40.5 Å². The molecule has 1 aromatic rings. The second kappa shape index (κ2) is 4.78. The Morgan fingerprint density at radius 3 is 2.59 bits per heavy atom. The molecule has 0 saturated carbocycles. The van der Waals surface area contributed by atoms with E-state index in [4.69, 9.17) is 5.11 Å². The van der Waals surface area contributed by atoms with E-state index >= 15 is 0 Å². The van der Waals surface area contributed by atoms with Crippen molar-refractivity contribution in [3.63, 3.8) is 0 Å².